The molecule has 3 nitrogen and oxygen atoms in total. The summed E-state index contributed by atoms with van der Waals surface area (Å²) in [5.74, 6) is -1.76. The zero-order valence-corrected chi connectivity index (χ0v) is 12.5. The van der Waals surface area contributed by atoms with Crippen LogP contribution in [0.15, 0.2) is 52.3 Å². The number of nitrogens with zero attached hydrogens (tertiary/aromatic N) is 1. The molecule has 0 atom stereocenters. The van der Waals surface area contributed by atoms with Crippen molar-refractivity contribution in [3.05, 3.63) is 69.6 Å². The highest BCUT2D eigenvalue weighted by Gasteiger charge is 2.21. The lowest BCUT2D eigenvalue weighted by molar-refractivity contribution is 0.581. The number of benzene rings is 2. The summed E-state index contributed by atoms with van der Waals surface area (Å²) in [6.07, 6.45) is 0.860. The molecule has 0 amide bonds. The smallest absolute Gasteiger partial charge is 0.216 e. The third-order valence-corrected chi connectivity index (χ3v) is 4.71. The Hall–Kier alpha value is -2.23. The first-order chi connectivity index (χ1) is 10.3. The van der Waals surface area contributed by atoms with Gasteiger partial charge in [0.2, 0.25) is 9.84 Å². The number of nitriles is 1. The van der Waals surface area contributed by atoms with Gasteiger partial charge in [0.1, 0.15) is 22.6 Å². The van der Waals surface area contributed by atoms with Gasteiger partial charge in [-0.15, -0.1) is 0 Å². The van der Waals surface area contributed by atoms with Gasteiger partial charge in [0, 0.05) is 16.7 Å². The highest BCUT2D eigenvalue weighted by Crippen LogP contribution is 2.23. The molecule has 0 spiro atoms. The topological polar surface area (TPSA) is 57.9 Å². The van der Waals surface area contributed by atoms with Gasteiger partial charge >= 0.3 is 0 Å². The van der Waals surface area contributed by atoms with Crippen LogP contribution >= 0.6 is 11.6 Å². The lowest BCUT2D eigenvalue weighted by atomic mass is 10.2. The van der Waals surface area contributed by atoms with E-state index in [1.807, 2.05) is 0 Å². The zero-order valence-electron chi connectivity index (χ0n) is 10.9. The summed E-state index contributed by atoms with van der Waals surface area (Å²) in [4.78, 5) is -0.799. The predicted octanol–water partition coefficient (Wildman–Crippen LogP) is 3.96. The maximum absolute atomic E-state index is 13.6. The van der Waals surface area contributed by atoms with Crippen molar-refractivity contribution in [1.82, 2.24) is 0 Å². The van der Waals surface area contributed by atoms with E-state index in [-0.39, 0.29) is 10.5 Å². The Bertz CT molecular complexity index is 885. The van der Waals surface area contributed by atoms with Crippen molar-refractivity contribution >= 4 is 27.5 Å². The normalized spacial score (nSPS) is 12.0. The molecule has 0 saturated heterocycles. The van der Waals surface area contributed by atoms with Crippen LogP contribution in [0.2, 0.25) is 5.02 Å². The molecule has 0 N–H and O–H groups in total. The molecule has 2 aromatic carbocycles. The van der Waals surface area contributed by atoms with E-state index >= 15 is 0 Å². The van der Waals surface area contributed by atoms with Crippen molar-refractivity contribution in [2.24, 2.45) is 0 Å². The van der Waals surface area contributed by atoms with E-state index in [0.717, 1.165) is 18.2 Å². The van der Waals surface area contributed by atoms with E-state index in [9.17, 15) is 17.2 Å². The molecule has 0 fully saturated rings. The average Bonchev–Trinajstić information content (AvgIpc) is 2.46. The van der Waals surface area contributed by atoms with Crippen molar-refractivity contribution in [3.8, 4) is 6.07 Å². The Morgan fingerprint density at radius 1 is 1.14 bits per heavy atom. The van der Waals surface area contributed by atoms with Gasteiger partial charge in [-0.05, 0) is 42.5 Å². The molecule has 0 aliphatic rings. The fraction of sp³-hybridized carbons (Fsp3) is 0. The highest BCUT2D eigenvalue weighted by molar-refractivity contribution is 7.95. The van der Waals surface area contributed by atoms with E-state index in [1.165, 1.54) is 30.3 Å². The summed E-state index contributed by atoms with van der Waals surface area (Å²) in [6, 6.07) is 9.36. The standard InChI is InChI=1S/C15H8ClF2NO2S/c16-11-2-5-13(6-3-11)22(20,21)14(9-19)7-10-1-4-12(17)8-15(10)18/h1-8H/b14-7+. The highest BCUT2D eigenvalue weighted by atomic mass is 35.5. The van der Waals surface area contributed by atoms with Crippen LogP contribution in [0.3, 0.4) is 0 Å². The van der Waals surface area contributed by atoms with E-state index in [2.05, 4.69) is 0 Å². The van der Waals surface area contributed by atoms with Gasteiger partial charge in [-0.1, -0.05) is 11.6 Å². The fourth-order valence-electron chi connectivity index (χ4n) is 1.67. The quantitative estimate of drug-likeness (QED) is 0.795. The van der Waals surface area contributed by atoms with Crippen LogP contribution in [0, 0.1) is 23.0 Å². The second kappa shape index (κ2) is 6.26. The van der Waals surface area contributed by atoms with Crippen molar-refractivity contribution in [3.63, 3.8) is 0 Å². The third kappa shape index (κ3) is 3.32. The number of halogens is 3. The maximum Gasteiger partial charge on any atom is 0.216 e. The average molecular weight is 340 g/mol. The lowest BCUT2D eigenvalue weighted by Crippen LogP contribution is -2.03. The molecular formula is C15H8ClF2NO2S. The summed E-state index contributed by atoms with van der Waals surface area (Å²) < 4.78 is 51.1. The molecule has 0 aromatic heterocycles. The minimum Gasteiger partial charge on any atom is -0.218 e. The first-order valence-corrected chi connectivity index (χ1v) is 7.78. The van der Waals surface area contributed by atoms with Crippen LogP contribution in [-0.2, 0) is 9.84 Å². The number of hydrogen-bond acceptors (Lipinski definition) is 3. The predicted molar refractivity (Wildman–Crippen MR) is 78.6 cm³/mol. The molecule has 0 unspecified atom stereocenters. The molecule has 2 aromatic rings. The summed E-state index contributed by atoms with van der Waals surface area (Å²) >= 11 is 5.68. The van der Waals surface area contributed by atoms with Crippen LogP contribution in [0.1, 0.15) is 5.56 Å². The zero-order chi connectivity index (χ0) is 16.3. The van der Waals surface area contributed by atoms with Crippen LogP contribution < -0.4 is 0 Å². The molecule has 0 saturated carbocycles. The number of hydrogen-bond donors (Lipinski definition) is 0. The second-order valence-corrected chi connectivity index (χ2v) is 6.60. The van der Waals surface area contributed by atoms with Crippen molar-refractivity contribution in [2.75, 3.05) is 0 Å². The molecule has 7 heteroatoms. The summed E-state index contributed by atoms with van der Waals surface area (Å²) in [7, 11) is -4.11. The van der Waals surface area contributed by atoms with Crippen LogP contribution in [0.4, 0.5) is 8.78 Å². The summed E-state index contributed by atoms with van der Waals surface area (Å²) in [5.41, 5.74) is -0.199. The SMILES string of the molecule is N#C/C(=C\c1ccc(F)cc1F)S(=O)(=O)c1ccc(Cl)cc1. The Labute approximate surface area is 131 Å². The van der Waals surface area contributed by atoms with Gasteiger partial charge in [-0.2, -0.15) is 5.26 Å². The molecule has 112 valence electrons. The molecule has 0 aliphatic carbocycles. The third-order valence-electron chi connectivity index (χ3n) is 2.77. The van der Waals surface area contributed by atoms with Crippen molar-refractivity contribution in [1.29, 1.82) is 5.26 Å². The monoisotopic (exact) mass is 339 g/mol. The van der Waals surface area contributed by atoms with Crippen molar-refractivity contribution in [2.45, 2.75) is 4.90 Å². The molecule has 0 aliphatic heterocycles. The molecule has 0 bridgehead atoms. The van der Waals surface area contributed by atoms with Crippen LogP contribution in [0.25, 0.3) is 6.08 Å². The molecular weight excluding hydrogens is 332 g/mol. The minimum absolute atomic E-state index is 0.146. The van der Waals surface area contributed by atoms with Gasteiger partial charge < -0.3 is 0 Å². The molecule has 0 heterocycles. The lowest BCUT2D eigenvalue weighted by Gasteiger charge is -2.04. The molecule has 2 rings (SSSR count). The van der Waals surface area contributed by atoms with Gasteiger partial charge in [0.05, 0.1) is 4.90 Å². The number of sulfone groups is 1. The number of allylic oxidation sites excluding steroid dienone is 1. The molecule has 22 heavy (non-hydrogen) atoms. The van der Waals surface area contributed by atoms with E-state index < -0.39 is 26.4 Å². The largest absolute Gasteiger partial charge is 0.218 e. The Kier molecular flexibility index (Phi) is 4.59. The Morgan fingerprint density at radius 3 is 2.32 bits per heavy atom. The van der Waals surface area contributed by atoms with Gasteiger partial charge in [-0.3, -0.25) is 0 Å². The second-order valence-electron chi connectivity index (χ2n) is 4.24. The van der Waals surface area contributed by atoms with Gasteiger partial charge in [0.15, 0.2) is 0 Å². The number of rotatable bonds is 3. The first-order valence-electron chi connectivity index (χ1n) is 5.92. The van der Waals surface area contributed by atoms with E-state index in [4.69, 9.17) is 16.9 Å². The molecule has 0 radical (unpaired) electrons. The Morgan fingerprint density at radius 2 is 1.77 bits per heavy atom. The van der Waals surface area contributed by atoms with Crippen LogP contribution in [0.5, 0.6) is 0 Å². The van der Waals surface area contributed by atoms with Gasteiger partial charge in [-0.25, -0.2) is 17.2 Å². The minimum atomic E-state index is -4.11. The Balaban J connectivity index is 2.53. The van der Waals surface area contributed by atoms with E-state index in [1.54, 1.807) is 0 Å². The maximum atomic E-state index is 13.6. The van der Waals surface area contributed by atoms with Crippen molar-refractivity contribution < 1.29 is 17.2 Å². The fourth-order valence-corrected chi connectivity index (χ4v) is 2.95. The summed E-state index contributed by atoms with van der Waals surface area (Å²) in [6.45, 7) is 0. The van der Waals surface area contributed by atoms with Gasteiger partial charge in [0.25, 0.3) is 0 Å². The van der Waals surface area contributed by atoms with E-state index in [0.29, 0.717) is 11.1 Å². The first kappa shape index (κ1) is 16.1. The van der Waals surface area contributed by atoms with Crippen LogP contribution in [-0.4, -0.2) is 8.42 Å². The summed E-state index contributed by atoms with van der Waals surface area (Å²) in [5, 5.41) is 9.40.